The van der Waals surface area contributed by atoms with E-state index >= 15 is 0 Å². The van der Waals surface area contributed by atoms with Crippen LogP contribution in [0.3, 0.4) is 0 Å². The van der Waals surface area contributed by atoms with Crippen molar-refractivity contribution in [2.75, 3.05) is 6.61 Å². The zero-order valence-corrected chi connectivity index (χ0v) is 13.0. The Morgan fingerprint density at radius 3 is 3.05 bits per heavy atom. The summed E-state index contributed by atoms with van der Waals surface area (Å²) in [6.07, 6.45) is 7.41. The van der Waals surface area contributed by atoms with Gasteiger partial charge in [0, 0.05) is 11.0 Å². The van der Waals surface area contributed by atoms with E-state index in [0.29, 0.717) is 5.92 Å². The van der Waals surface area contributed by atoms with Crippen LogP contribution in [0.2, 0.25) is 0 Å². The smallest absolute Gasteiger partial charge is 0.244 e. The van der Waals surface area contributed by atoms with Crippen molar-refractivity contribution in [3.63, 3.8) is 0 Å². The molecule has 1 aromatic heterocycles. The van der Waals surface area contributed by atoms with E-state index in [4.69, 9.17) is 0 Å². The normalized spacial score (nSPS) is 26.9. The van der Waals surface area contributed by atoms with Gasteiger partial charge in [-0.05, 0) is 48.8 Å². The summed E-state index contributed by atoms with van der Waals surface area (Å²) in [6.45, 7) is 4.24. The van der Waals surface area contributed by atoms with Crippen molar-refractivity contribution < 1.29 is 9.90 Å². The van der Waals surface area contributed by atoms with Gasteiger partial charge in [-0.3, -0.25) is 4.79 Å². The maximum atomic E-state index is 12.1. The van der Waals surface area contributed by atoms with Crippen LogP contribution in [0.1, 0.15) is 43.0 Å². The molecular formula is C16H23NO2S. The molecule has 3 nitrogen and oxygen atoms in total. The number of rotatable bonds is 4. The molecule has 0 aromatic carbocycles. The number of nitrogens with one attached hydrogen (secondary N) is 1. The van der Waals surface area contributed by atoms with Gasteiger partial charge in [0.1, 0.15) is 0 Å². The quantitative estimate of drug-likeness (QED) is 0.838. The standard InChI is InChI=1S/C16H23NO2S/c1-12-4-3-8-16(10-12,11-18)17-15(19)6-5-14-13(2)7-9-20-14/h5-7,9,12,18H,3-4,8,10-11H2,1-2H3,(H,17,19). The number of aryl methyl sites for hydroxylation is 1. The van der Waals surface area contributed by atoms with E-state index in [0.717, 1.165) is 24.1 Å². The third-order valence-corrected chi connectivity index (χ3v) is 5.05. The minimum Gasteiger partial charge on any atom is -0.394 e. The topological polar surface area (TPSA) is 49.3 Å². The molecule has 2 unspecified atom stereocenters. The first-order valence-corrected chi connectivity index (χ1v) is 8.08. The van der Waals surface area contributed by atoms with Crippen molar-refractivity contribution in [2.45, 2.75) is 45.1 Å². The van der Waals surface area contributed by atoms with Gasteiger partial charge >= 0.3 is 0 Å². The van der Waals surface area contributed by atoms with Crippen LogP contribution in [-0.2, 0) is 4.79 Å². The van der Waals surface area contributed by atoms with Crippen LogP contribution in [0.5, 0.6) is 0 Å². The average molecular weight is 293 g/mol. The minimum atomic E-state index is -0.427. The summed E-state index contributed by atoms with van der Waals surface area (Å²) in [5.41, 5.74) is 0.756. The highest BCUT2D eigenvalue weighted by Crippen LogP contribution is 2.32. The maximum absolute atomic E-state index is 12.1. The van der Waals surface area contributed by atoms with Gasteiger partial charge in [0.15, 0.2) is 0 Å². The Hall–Kier alpha value is -1.13. The molecule has 1 saturated carbocycles. The molecule has 1 aromatic rings. The van der Waals surface area contributed by atoms with Gasteiger partial charge in [0.05, 0.1) is 12.1 Å². The number of carbonyl (C=O) groups excluding carboxylic acids is 1. The lowest BCUT2D eigenvalue weighted by Crippen LogP contribution is -2.53. The summed E-state index contributed by atoms with van der Waals surface area (Å²) in [5, 5.41) is 14.7. The summed E-state index contributed by atoms with van der Waals surface area (Å²) < 4.78 is 0. The third kappa shape index (κ3) is 3.70. The summed E-state index contributed by atoms with van der Waals surface area (Å²) >= 11 is 1.63. The predicted molar refractivity (Wildman–Crippen MR) is 83.7 cm³/mol. The molecule has 0 spiro atoms. The number of aliphatic hydroxyl groups is 1. The highest BCUT2D eigenvalue weighted by molar-refractivity contribution is 7.11. The molecule has 2 N–H and O–H groups in total. The molecule has 1 amide bonds. The van der Waals surface area contributed by atoms with E-state index in [9.17, 15) is 9.90 Å². The molecule has 1 heterocycles. The number of aliphatic hydroxyl groups excluding tert-OH is 1. The summed E-state index contributed by atoms with van der Waals surface area (Å²) in [7, 11) is 0. The zero-order chi connectivity index (χ0) is 14.6. The van der Waals surface area contributed by atoms with E-state index in [1.54, 1.807) is 17.4 Å². The molecule has 2 rings (SSSR count). The van der Waals surface area contributed by atoms with Gasteiger partial charge in [-0.25, -0.2) is 0 Å². The SMILES string of the molecule is Cc1ccsc1C=CC(=O)NC1(CO)CCCC(C)C1. The molecule has 110 valence electrons. The number of carbonyl (C=O) groups is 1. The fourth-order valence-corrected chi connectivity index (χ4v) is 3.79. The monoisotopic (exact) mass is 293 g/mol. The Labute approximate surface area is 124 Å². The van der Waals surface area contributed by atoms with E-state index < -0.39 is 5.54 Å². The lowest BCUT2D eigenvalue weighted by atomic mass is 9.77. The highest BCUT2D eigenvalue weighted by atomic mass is 32.1. The Morgan fingerprint density at radius 2 is 2.45 bits per heavy atom. The first kappa shape index (κ1) is 15.3. The minimum absolute atomic E-state index is 0.0228. The molecule has 0 saturated heterocycles. The van der Waals surface area contributed by atoms with E-state index in [-0.39, 0.29) is 12.5 Å². The van der Waals surface area contributed by atoms with Crippen LogP contribution in [0.15, 0.2) is 17.5 Å². The largest absolute Gasteiger partial charge is 0.394 e. The molecule has 4 heteroatoms. The fraction of sp³-hybridized carbons (Fsp3) is 0.562. The van der Waals surface area contributed by atoms with E-state index in [1.807, 2.05) is 24.4 Å². The molecule has 1 aliphatic carbocycles. The van der Waals surface area contributed by atoms with E-state index in [2.05, 4.69) is 12.2 Å². The summed E-state index contributed by atoms with van der Waals surface area (Å²) in [4.78, 5) is 13.2. The summed E-state index contributed by atoms with van der Waals surface area (Å²) in [6, 6.07) is 2.04. The first-order chi connectivity index (χ1) is 9.54. The molecule has 1 fully saturated rings. The van der Waals surface area contributed by atoms with E-state index in [1.165, 1.54) is 12.0 Å². The Morgan fingerprint density at radius 1 is 1.65 bits per heavy atom. The fourth-order valence-electron chi connectivity index (χ4n) is 2.97. The Bertz CT molecular complexity index is 494. The Balaban J connectivity index is 1.99. The average Bonchev–Trinajstić information content (AvgIpc) is 2.82. The first-order valence-electron chi connectivity index (χ1n) is 7.20. The third-order valence-electron chi connectivity index (χ3n) is 4.07. The number of amides is 1. The second kappa shape index (κ2) is 6.55. The van der Waals surface area contributed by atoms with Gasteiger partial charge in [-0.1, -0.05) is 19.8 Å². The van der Waals surface area contributed by atoms with Crippen molar-refractivity contribution in [2.24, 2.45) is 5.92 Å². The molecule has 1 aliphatic rings. The van der Waals surface area contributed by atoms with Gasteiger partial charge in [-0.15, -0.1) is 11.3 Å². The maximum Gasteiger partial charge on any atom is 0.244 e. The van der Waals surface area contributed by atoms with Crippen LogP contribution < -0.4 is 5.32 Å². The zero-order valence-electron chi connectivity index (χ0n) is 12.2. The van der Waals surface area contributed by atoms with Gasteiger partial charge in [-0.2, -0.15) is 0 Å². The second-order valence-corrected chi connectivity index (χ2v) is 6.88. The van der Waals surface area contributed by atoms with Crippen LogP contribution in [0.4, 0.5) is 0 Å². The number of thiophene rings is 1. The van der Waals surface area contributed by atoms with Crippen LogP contribution in [0, 0.1) is 12.8 Å². The van der Waals surface area contributed by atoms with Crippen LogP contribution in [0.25, 0.3) is 6.08 Å². The highest BCUT2D eigenvalue weighted by Gasteiger charge is 2.35. The summed E-state index contributed by atoms with van der Waals surface area (Å²) in [5.74, 6) is 0.445. The molecular weight excluding hydrogens is 270 g/mol. The molecule has 0 aliphatic heterocycles. The Kier molecular flexibility index (Phi) is 5.00. The van der Waals surface area contributed by atoms with Crippen molar-refractivity contribution in [1.29, 1.82) is 0 Å². The van der Waals surface area contributed by atoms with Crippen molar-refractivity contribution in [1.82, 2.24) is 5.32 Å². The van der Waals surface area contributed by atoms with Gasteiger partial charge in [0.2, 0.25) is 5.91 Å². The lowest BCUT2D eigenvalue weighted by Gasteiger charge is -2.39. The second-order valence-electron chi connectivity index (χ2n) is 5.93. The van der Waals surface area contributed by atoms with Crippen LogP contribution >= 0.6 is 11.3 Å². The molecule has 2 atom stereocenters. The van der Waals surface area contributed by atoms with Crippen LogP contribution in [-0.4, -0.2) is 23.2 Å². The molecule has 20 heavy (non-hydrogen) atoms. The van der Waals surface area contributed by atoms with Crippen molar-refractivity contribution in [3.05, 3.63) is 28.0 Å². The van der Waals surface area contributed by atoms with Gasteiger partial charge < -0.3 is 10.4 Å². The lowest BCUT2D eigenvalue weighted by molar-refractivity contribution is -0.119. The molecule has 0 radical (unpaired) electrons. The number of hydrogen-bond donors (Lipinski definition) is 2. The van der Waals surface area contributed by atoms with Gasteiger partial charge in [0.25, 0.3) is 0 Å². The number of hydrogen-bond acceptors (Lipinski definition) is 3. The predicted octanol–water partition coefficient (Wildman–Crippen LogP) is 3.13. The van der Waals surface area contributed by atoms with Crippen molar-refractivity contribution >= 4 is 23.3 Å². The van der Waals surface area contributed by atoms with Crippen molar-refractivity contribution in [3.8, 4) is 0 Å². The molecule has 0 bridgehead atoms.